The van der Waals surface area contributed by atoms with Crippen LogP contribution in [0.25, 0.3) is 0 Å². The summed E-state index contributed by atoms with van der Waals surface area (Å²) in [7, 11) is -3.52. The lowest BCUT2D eigenvalue weighted by atomic mass is 10.2. The summed E-state index contributed by atoms with van der Waals surface area (Å²) in [5.41, 5.74) is 0.440. The summed E-state index contributed by atoms with van der Waals surface area (Å²) in [5, 5.41) is 3.02. The Morgan fingerprint density at radius 3 is 2.34 bits per heavy atom. The lowest BCUT2D eigenvalue weighted by Crippen LogP contribution is -2.27. The molecule has 2 aromatic rings. The molecule has 3 rings (SSSR count). The molecule has 7 nitrogen and oxygen atoms in total. The molecule has 1 amide bonds. The van der Waals surface area contributed by atoms with Gasteiger partial charge < -0.3 is 10.1 Å². The number of hydrogen-bond donors (Lipinski definition) is 1. The number of nitrogens with one attached hydrogen (secondary N) is 1. The standard InChI is InChI=1S/C19H18Cl2N2O5S/c20-13-3-8-17(21)16(11-13)19(25)28-12-18(24)22-14-4-6-15(7-5-14)29(26,27)23-9-1-2-10-23/h3-8,11H,1-2,9-10,12H2,(H,22,24). The van der Waals surface area contributed by atoms with Gasteiger partial charge in [0.2, 0.25) is 10.0 Å². The minimum Gasteiger partial charge on any atom is -0.452 e. The quantitative estimate of drug-likeness (QED) is 0.670. The number of halogens is 2. The number of carbonyl (C=O) groups is 2. The normalized spacial score (nSPS) is 14.6. The van der Waals surface area contributed by atoms with E-state index >= 15 is 0 Å². The molecular weight excluding hydrogens is 439 g/mol. The summed E-state index contributed by atoms with van der Waals surface area (Å²) in [6, 6.07) is 10.2. The maximum absolute atomic E-state index is 12.5. The molecular formula is C19H18Cl2N2O5S. The van der Waals surface area contributed by atoms with Crippen LogP contribution in [0, 0.1) is 0 Å². The van der Waals surface area contributed by atoms with E-state index in [0.717, 1.165) is 12.8 Å². The van der Waals surface area contributed by atoms with E-state index < -0.39 is 28.5 Å². The maximum Gasteiger partial charge on any atom is 0.340 e. The molecule has 1 fully saturated rings. The zero-order valence-electron chi connectivity index (χ0n) is 15.2. The number of rotatable bonds is 6. The third-order valence-electron chi connectivity index (χ3n) is 4.32. The predicted octanol–water partition coefficient (Wildman–Crippen LogP) is 3.57. The Labute approximate surface area is 178 Å². The Morgan fingerprint density at radius 1 is 1.03 bits per heavy atom. The first-order valence-corrected chi connectivity index (χ1v) is 11.0. The van der Waals surface area contributed by atoms with E-state index in [1.165, 1.54) is 46.8 Å². The molecule has 0 aromatic heterocycles. The second-order valence-electron chi connectivity index (χ2n) is 6.38. The third-order valence-corrected chi connectivity index (χ3v) is 6.80. The van der Waals surface area contributed by atoms with Crippen molar-refractivity contribution in [3.05, 3.63) is 58.1 Å². The Kier molecular flexibility index (Phi) is 6.79. The maximum atomic E-state index is 12.5. The average molecular weight is 457 g/mol. The molecule has 0 spiro atoms. The van der Waals surface area contributed by atoms with Crippen molar-refractivity contribution in [1.82, 2.24) is 4.31 Å². The van der Waals surface area contributed by atoms with E-state index in [1.807, 2.05) is 0 Å². The molecule has 29 heavy (non-hydrogen) atoms. The third kappa shape index (κ3) is 5.27. The molecule has 154 valence electrons. The van der Waals surface area contributed by atoms with E-state index in [1.54, 1.807) is 0 Å². The van der Waals surface area contributed by atoms with E-state index in [-0.39, 0.29) is 15.5 Å². The molecule has 1 saturated heterocycles. The SMILES string of the molecule is O=C(COC(=O)c1cc(Cl)ccc1Cl)Nc1ccc(S(=O)(=O)N2CCCC2)cc1. The van der Waals surface area contributed by atoms with Crippen LogP contribution in [0.1, 0.15) is 23.2 Å². The smallest absolute Gasteiger partial charge is 0.340 e. The average Bonchev–Trinajstić information content (AvgIpc) is 3.24. The number of esters is 1. The molecule has 0 bridgehead atoms. The molecule has 0 radical (unpaired) electrons. The number of hydrogen-bond acceptors (Lipinski definition) is 5. The topological polar surface area (TPSA) is 92.8 Å². The van der Waals surface area contributed by atoms with Crippen LogP contribution in [-0.2, 0) is 19.6 Å². The van der Waals surface area contributed by atoms with Gasteiger partial charge in [-0.05, 0) is 55.3 Å². The van der Waals surface area contributed by atoms with Gasteiger partial charge in [0, 0.05) is 23.8 Å². The number of sulfonamides is 1. The van der Waals surface area contributed by atoms with Crippen molar-refractivity contribution in [3.8, 4) is 0 Å². The first-order valence-electron chi connectivity index (χ1n) is 8.79. The van der Waals surface area contributed by atoms with E-state index in [9.17, 15) is 18.0 Å². The van der Waals surface area contributed by atoms with Gasteiger partial charge in [-0.2, -0.15) is 4.31 Å². The number of ether oxygens (including phenoxy) is 1. The highest BCUT2D eigenvalue weighted by atomic mass is 35.5. The lowest BCUT2D eigenvalue weighted by molar-refractivity contribution is -0.119. The summed E-state index contributed by atoms with van der Waals surface area (Å²) in [6.45, 7) is 0.501. The Bertz CT molecular complexity index is 1020. The summed E-state index contributed by atoms with van der Waals surface area (Å²) in [6.07, 6.45) is 1.71. The van der Waals surface area contributed by atoms with Crippen molar-refractivity contribution < 1.29 is 22.7 Å². The number of anilines is 1. The molecule has 1 aliphatic rings. The second-order valence-corrected chi connectivity index (χ2v) is 9.17. The van der Waals surface area contributed by atoms with Gasteiger partial charge in [-0.15, -0.1) is 0 Å². The largest absolute Gasteiger partial charge is 0.452 e. The van der Waals surface area contributed by atoms with Crippen molar-refractivity contribution >= 4 is 50.8 Å². The lowest BCUT2D eigenvalue weighted by Gasteiger charge is -2.15. The summed E-state index contributed by atoms with van der Waals surface area (Å²) in [5.74, 6) is -1.36. The highest BCUT2D eigenvalue weighted by Crippen LogP contribution is 2.23. The fourth-order valence-corrected chi connectivity index (χ4v) is 4.73. The van der Waals surface area contributed by atoms with Crippen molar-refractivity contribution in [2.45, 2.75) is 17.7 Å². The predicted molar refractivity (Wildman–Crippen MR) is 110 cm³/mol. The summed E-state index contributed by atoms with van der Waals surface area (Å²) >= 11 is 11.7. The van der Waals surface area contributed by atoms with Crippen LogP contribution in [0.15, 0.2) is 47.4 Å². The Hall–Kier alpha value is -2.13. The number of nitrogens with zero attached hydrogens (tertiary/aromatic N) is 1. The fraction of sp³-hybridized carbons (Fsp3) is 0.263. The Balaban J connectivity index is 1.57. The zero-order chi connectivity index (χ0) is 21.0. The monoisotopic (exact) mass is 456 g/mol. The van der Waals surface area contributed by atoms with Gasteiger partial charge in [-0.1, -0.05) is 23.2 Å². The van der Waals surface area contributed by atoms with Crippen molar-refractivity contribution in [2.24, 2.45) is 0 Å². The molecule has 0 atom stereocenters. The molecule has 0 saturated carbocycles. The molecule has 10 heteroatoms. The summed E-state index contributed by atoms with van der Waals surface area (Å²) < 4.78 is 31.4. The minimum absolute atomic E-state index is 0.0587. The van der Waals surface area contributed by atoms with Crippen LogP contribution in [0.4, 0.5) is 5.69 Å². The van der Waals surface area contributed by atoms with Crippen molar-refractivity contribution in [1.29, 1.82) is 0 Å². The van der Waals surface area contributed by atoms with Crippen LogP contribution in [0.2, 0.25) is 10.0 Å². The first-order chi connectivity index (χ1) is 13.8. The van der Waals surface area contributed by atoms with Crippen LogP contribution in [-0.4, -0.2) is 44.3 Å². The van der Waals surface area contributed by atoms with E-state index in [4.69, 9.17) is 27.9 Å². The van der Waals surface area contributed by atoms with Gasteiger partial charge in [0.25, 0.3) is 5.91 Å². The molecule has 0 unspecified atom stereocenters. The van der Waals surface area contributed by atoms with Gasteiger partial charge in [0.1, 0.15) is 0 Å². The molecule has 2 aromatic carbocycles. The number of benzene rings is 2. The zero-order valence-corrected chi connectivity index (χ0v) is 17.6. The van der Waals surface area contributed by atoms with E-state index in [0.29, 0.717) is 23.8 Å². The highest BCUT2D eigenvalue weighted by Gasteiger charge is 2.27. The van der Waals surface area contributed by atoms with Crippen LogP contribution < -0.4 is 5.32 Å². The van der Waals surface area contributed by atoms with Gasteiger partial charge in [0.05, 0.1) is 15.5 Å². The summed E-state index contributed by atoms with van der Waals surface area (Å²) in [4.78, 5) is 24.2. The van der Waals surface area contributed by atoms with E-state index in [2.05, 4.69) is 5.32 Å². The first kappa shape index (κ1) is 21.6. The van der Waals surface area contributed by atoms with Crippen LogP contribution >= 0.6 is 23.2 Å². The minimum atomic E-state index is -3.52. The molecule has 1 N–H and O–H groups in total. The molecule has 0 aliphatic carbocycles. The van der Waals surface area contributed by atoms with Crippen molar-refractivity contribution in [2.75, 3.05) is 25.0 Å². The van der Waals surface area contributed by atoms with Crippen LogP contribution in [0.3, 0.4) is 0 Å². The van der Waals surface area contributed by atoms with Gasteiger partial charge >= 0.3 is 5.97 Å². The van der Waals surface area contributed by atoms with Gasteiger partial charge in [-0.3, -0.25) is 4.79 Å². The fourth-order valence-electron chi connectivity index (χ4n) is 2.85. The van der Waals surface area contributed by atoms with Gasteiger partial charge in [-0.25, -0.2) is 13.2 Å². The number of carbonyl (C=O) groups excluding carboxylic acids is 2. The Morgan fingerprint density at radius 2 is 1.69 bits per heavy atom. The molecule has 1 aliphatic heterocycles. The van der Waals surface area contributed by atoms with Crippen molar-refractivity contribution in [3.63, 3.8) is 0 Å². The second kappa shape index (κ2) is 9.13. The highest BCUT2D eigenvalue weighted by molar-refractivity contribution is 7.89. The van der Waals surface area contributed by atoms with Gasteiger partial charge in [0.15, 0.2) is 6.61 Å². The number of amides is 1. The molecule has 1 heterocycles. The van der Waals surface area contributed by atoms with Crippen LogP contribution in [0.5, 0.6) is 0 Å².